The van der Waals surface area contributed by atoms with Gasteiger partial charge in [0.25, 0.3) is 0 Å². The molecule has 3 heterocycles. The van der Waals surface area contributed by atoms with E-state index in [0.29, 0.717) is 0 Å². The van der Waals surface area contributed by atoms with Gasteiger partial charge in [0.15, 0.2) is 0 Å². The standard InChI is InChI=1S/C27H36N4O3/c1-33-23-8-4-7-22(19-23)30-12-13-31-25-9-3-2-6-21(25)18-24(26(31)20-30)27(32)28-10-5-11-29-14-16-34-17-15-29/h2-4,6-9,19,24,26H,5,10-18,20H2,1H3,(H,28,32)/t24-,26+/m1/s1. The molecule has 3 aliphatic heterocycles. The highest BCUT2D eigenvalue weighted by Crippen LogP contribution is 2.37. The first kappa shape index (κ1) is 23.0. The molecule has 182 valence electrons. The zero-order chi connectivity index (χ0) is 23.3. The maximum Gasteiger partial charge on any atom is 0.225 e. The van der Waals surface area contributed by atoms with E-state index in [1.54, 1.807) is 7.11 Å². The molecular formula is C27H36N4O3. The van der Waals surface area contributed by atoms with Crippen molar-refractivity contribution in [3.8, 4) is 5.75 Å². The lowest BCUT2D eigenvalue weighted by atomic mass is 9.83. The highest BCUT2D eigenvalue weighted by atomic mass is 16.5. The normalized spacial score (nSPS) is 22.6. The van der Waals surface area contributed by atoms with Gasteiger partial charge < -0.3 is 24.6 Å². The molecule has 2 saturated heterocycles. The first-order chi connectivity index (χ1) is 16.7. The third kappa shape index (κ3) is 5.00. The summed E-state index contributed by atoms with van der Waals surface area (Å²) < 4.78 is 10.9. The van der Waals surface area contributed by atoms with Crippen LogP contribution in [-0.2, 0) is 16.0 Å². The molecule has 0 radical (unpaired) electrons. The molecule has 7 heteroatoms. The lowest BCUT2D eigenvalue weighted by Crippen LogP contribution is -2.61. The molecule has 1 amide bonds. The minimum absolute atomic E-state index is 0.0632. The summed E-state index contributed by atoms with van der Waals surface area (Å²) in [6.45, 7) is 8.00. The average molecular weight is 465 g/mol. The second-order valence-electron chi connectivity index (χ2n) is 9.45. The van der Waals surface area contributed by atoms with Crippen LogP contribution in [0.4, 0.5) is 11.4 Å². The van der Waals surface area contributed by atoms with E-state index in [4.69, 9.17) is 9.47 Å². The van der Waals surface area contributed by atoms with Crippen LogP contribution in [0.3, 0.4) is 0 Å². The van der Waals surface area contributed by atoms with Crippen molar-refractivity contribution in [2.45, 2.75) is 18.9 Å². The topological polar surface area (TPSA) is 57.3 Å². The van der Waals surface area contributed by atoms with E-state index in [2.05, 4.69) is 56.4 Å². The van der Waals surface area contributed by atoms with Crippen LogP contribution in [0.25, 0.3) is 0 Å². The number of amides is 1. The maximum absolute atomic E-state index is 13.4. The number of hydrogen-bond acceptors (Lipinski definition) is 6. The van der Waals surface area contributed by atoms with E-state index in [-0.39, 0.29) is 17.9 Å². The molecule has 2 aromatic rings. The number of rotatable bonds is 7. The van der Waals surface area contributed by atoms with E-state index in [1.807, 2.05) is 12.1 Å². The first-order valence-electron chi connectivity index (χ1n) is 12.5. The van der Waals surface area contributed by atoms with E-state index < -0.39 is 0 Å². The van der Waals surface area contributed by atoms with Crippen LogP contribution in [0.15, 0.2) is 48.5 Å². The Balaban J connectivity index is 1.27. The molecule has 2 fully saturated rings. The molecule has 34 heavy (non-hydrogen) atoms. The Morgan fingerprint density at radius 3 is 2.79 bits per heavy atom. The molecule has 5 rings (SSSR count). The Labute approximate surface area is 202 Å². The first-order valence-corrected chi connectivity index (χ1v) is 12.5. The van der Waals surface area contributed by atoms with Gasteiger partial charge in [0, 0.05) is 56.7 Å². The van der Waals surface area contributed by atoms with Crippen molar-refractivity contribution in [1.29, 1.82) is 0 Å². The molecule has 0 saturated carbocycles. The van der Waals surface area contributed by atoms with Crippen LogP contribution < -0.4 is 19.9 Å². The third-order valence-corrected chi connectivity index (χ3v) is 7.43. The number of hydrogen-bond donors (Lipinski definition) is 1. The number of nitrogens with one attached hydrogen (secondary N) is 1. The molecule has 7 nitrogen and oxygen atoms in total. The summed E-state index contributed by atoms with van der Waals surface area (Å²) in [5, 5.41) is 3.27. The summed E-state index contributed by atoms with van der Waals surface area (Å²) in [6.07, 6.45) is 1.76. The third-order valence-electron chi connectivity index (χ3n) is 7.43. The Bertz CT molecular complexity index is 978. The fourth-order valence-electron chi connectivity index (χ4n) is 5.57. The largest absolute Gasteiger partial charge is 0.497 e. The van der Waals surface area contributed by atoms with Gasteiger partial charge in [-0.3, -0.25) is 9.69 Å². The monoisotopic (exact) mass is 464 g/mol. The minimum atomic E-state index is -0.0632. The Hall–Kier alpha value is -2.77. The highest BCUT2D eigenvalue weighted by Gasteiger charge is 2.41. The summed E-state index contributed by atoms with van der Waals surface area (Å²) in [4.78, 5) is 20.7. The number of methoxy groups -OCH3 is 1. The van der Waals surface area contributed by atoms with Crippen LogP contribution >= 0.6 is 0 Å². The predicted octanol–water partition coefficient (Wildman–Crippen LogP) is 2.40. The van der Waals surface area contributed by atoms with E-state index in [0.717, 1.165) is 83.3 Å². The molecule has 2 aromatic carbocycles. The van der Waals surface area contributed by atoms with Gasteiger partial charge in [0.1, 0.15) is 5.75 Å². The van der Waals surface area contributed by atoms with Gasteiger partial charge in [-0.25, -0.2) is 0 Å². The number of carbonyl (C=O) groups excluding carboxylic acids is 1. The van der Waals surface area contributed by atoms with Gasteiger partial charge in [-0.2, -0.15) is 0 Å². The molecule has 2 atom stereocenters. The summed E-state index contributed by atoms with van der Waals surface area (Å²) in [7, 11) is 1.70. The van der Waals surface area contributed by atoms with E-state index in [9.17, 15) is 4.79 Å². The number of nitrogens with zero attached hydrogens (tertiary/aromatic N) is 3. The van der Waals surface area contributed by atoms with Crippen molar-refractivity contribution in [2.24, 2.45) is 5.92 Å². The van der Waals surface area contributed by atoms with Gasteiger partial charge in [-0.05, 0) is 43.1 Å². The van der Waals surface area contributed by atoms with Crippen LogP contribution in [0.2, 0.25) is 0 Å². The molecule has 0 spiro atoms. The number of morpholine rings is 1. The number of carbonyl (C=O) groups is 1. The van der Waals surface area contributed by atoms with Crippen LogP contribution in [0, 0.1) is 5.92 Å². The highest BCUT2D eigenvalue weighted by molar-refractivity contribution is 5.82. The fourth-order valence-corrected chi connectivity index (χ4v) is 5.57. The molecule has 3 aliphatic rings. The summed E-state index contributed by atoms with van der Waals surface area (Å²) >= 11 is 0. The van der Waals surface area contributed by atoms with Crippen molar-refractivity contribution in [1.82, 2.24) is 10.2 Å². The quantitative estimate of drug-likeness (QED) is 0.635. The fraction of sp³-hybridized carbons (Fsp3) is 0.519. The van der Waals surface area contributed by atoms with Crippen LogP contribution in [0.1, 0.15) is 12.0 Å². The predicted molar refractivity (Wildman–Crippen MR) is 135 cm³/mol. The SMILES string of the molecule is COc1cccc(N2CCN3c4ccccc4C[C@@H](C(=O)NCCCN4CCOCC4)[C@@H]3C2)c1. The summed E-state index contributed by atoms with van der Waals surface area (Å²) in [5.41, 5.74) is 3.72. The van der Waals surface area contributed by atoms with Crippen molar-refractivity contribution in [3.63, 3.8) is 0 Å². The molecule has 0 aromatic heterocycles. The van der Waals surface area contributed by atoms with Gasteiger partial charge in [0.05, 0.1) is 32.3 Å². The van der Waals surface area contributed by atoms with Crippen molar-refractivity contribution >= 4 is 17.3 Å². The maximum atomic E-state index is 13.4. The zero-order valence-corrected chi connectivity index (χ0v) is 20.1. The van der Waals surface area contributed by atoms with E-state index in [1.165, 1.54) is 11.3 Å². The summed E-state index contributed by atoms with van der Waals surface area (Å²) in [5.74, 6) is 0.981. The van der Waals surface area contributed by atoms with Crippen molar-refractivity contribution in [2.75, 3.05) is 75.9 Å². The van der Waals surface area contributed by atoms with Crippen molar-refractivity contribution < 1.29 is 14.3 Å². The number of benzene rings is 2. The minimum Gasteiger partial charge on any atom is -0.497 e. The lowest BCUT2D eigenvalue weighted by molar-refractivity contribution is -0.125. The van der Waals surface area contributed by atoms with Gasteiger partial charge in [-0.15, -0.1) is 0 Å². The number of para-hydroxylation sites is 1. The van der Waals surface area contributed by atoms with Gasteiger partial charge in [0.2, 0.25) is 5.91 Å². The Kier molecular flexibility index (Phi) is 7.21. The summed E-state index contributed by atoms with van der Waals surface area (Å²) in [6, 6.07) is 17.0. The molecule has 0 unspecified atom stereocenters. The number of piperazine rings is 1. The van der Waals surface area contributed by atoms with E-state index >= 15 is 0 Å². The molecule has 0 bridgehead atoms. The van der Waals surface area contributed by atoms with Gasteiger partial charge >= 0.3 is 0 Å². The van der Waals surface area contributed by atoms with Crippen LogP contribution in [-0.4, -0.2) is 83.0 Å². The second-order valence-corrected chi connectivity index (χ2v) is 9.45. The number of anilines is 2. The van der Waals surface area contributed by atoms with Gasteiger partial charge in [-0.1, -0.05) is 24.3 Å². The second kappa shape index (κ2) is 10.7. The van der Waals surface area contributed by atoms with Crippen molar-refractivity contribution in [3.05, 3.63) is 54.1 Å². The number of ether oxygens (including phenoxy) is 2. The molecule has 1 N–H and O–H groups in total. The average Bonchev–Trinajstić information content (AvgIpc) is 2.90. The Morgan fingerprint density at radius 1 is 1.09 bits per heavy atom. The molecular weight excluding hydrogens is 428 g/mol. The zero-order valence-electron chi connectivity index (χ0n) is 20.1. The number of fused-ring (bicyclic) bond motifs is 3. The lowest BCUT2D eigenvalue weighted by Gasteiger charge is -2.49. The van der Waals surface area contributed by atoms with Crippen LogP contribution in [0.5, 0.6) is 5.75 Å². The molecule has 0 aliphatic carbocycles. The smallest absolute Gasteiger partial charge is 0.225 e. The Morgan fingerprint density at radius 2 is 1.94 bits per heavy atom.